The monoisotopic (exact) mass is 101 g/mol. The van der Waals surface area contributed by atoms with Gasteiger partial charge in [-0.25, -0.2) is 10.9 Å². The van der Waals surface area contributed by atoms with E-state index in [1.165, 1.54) is 0 Å². The zero-order valence-electron chi connectivity index (χ0n) is 3.77. The number of hydrogen-bond acceptors (Lipinski definition) is 4. The summed E-state index contributed by atoms with van der Waals surface area (Å²) in [5.41, 5.74) is 5.41. The van der Waals surface area contributed by atoms with Crippen molar-refractivity contribution in [3.63, 3.8) is 0 Å². The molecule has 0 saturated carbocycles. The molecule has 3 N–H and O–H groups in total. The van der Waals surface area contributed by atoms with Crippen LogP contribution in [0.15, 0.2) is 0 Å². The molecule has 4 heteroatoms. The van der Waals surface area contributed by atoms with Gasteiger partial charge >= 0.3 is 0 Å². The van der Waals surface area contributed by atoms with Crippen molar-refractivity contribution in [2.24, 2.45) is 0 Å². The number of carbonyl (C=O) groups excluding carboxylic acids is 1. The third-order valence-corrected chi connectivity index (χ3v) is 0.804. The number of hydrogen-bond donors (Lipinski definition) is 3. The molecule has 7 heavy (non-hydrogen) atoms. The van der Waals surface area contributed by atoms with Crippen LogP contribution in [0, 0.1) is 0 Å². The van der Waals surface area contributed by atoms with Gasteiger partial charge in [-0.05, 0) is 0 Å². The van der Waals surface area contributed by atoms with E-state index in [-0.39, 0.29) is 6.17 Å². The highest BCUT2D eigenvalue weighted by Crippen LogP contribution is 1.70. The predicted octanol–water partition coefficient (Wildman–Crippen LogP) is -1.83. The van der Waals surface area contributed by atoms with Crippen LogP contribution in [-0.2, 0) is 4.79 Å². The molecule has 1 saturated heterocycles. The molecule has 0 spiro atoms. The van der Waals surface area contributed by atoms with Crippen molar-refractivity contribution in [1.29, 1.82) is 0 Å². The van der Waals surface area contributed by atoms with Crippen molar-refractivity contribution < 1.29 is 4.79 Å². The fraction of sp³-hybridized carbons (Fsp3) is 0.667. The minimum atomic E-state index is -0.194. The van der Waals surface area contributed by atoms with E-state index in [0.29, 0.717) is 6.67 Å². The van der Waals surface area contributed by atoms with Gasteiger partial charge in [0.2, 0.25) is 0 Å². The predicted molar refractivity (Wildman–Crippen MR) is 24.1 cm³/mol. The van der Waals surface area contributed by atoms with Crippen molar-refractivity contribution in [2.45, 2.75) is 6.17 Å². The Labute approximate surface area is 41.2 Å². The summed E-state index contributed by atoms with van der Waals surface area (Å²) < 4.78 is 0. The van der Waals surface area contributed by atoms with Crippen molar-refractivity contribution in [3.05, 3.63) is 0 Å². The number of carbonyl (C=O) groups is 1. The number of nitrogens with one attached hydrogen (secondary N) is 3. The summed E-state index contributed by atoms with van der Waals surface area (Å²) in [6.07, 6.45) is 0.611. The third-order valence-electron chi connectivity index (χ3n) is 0.804. The number of rotatable bonds is 1. The maximum atomic E-state index is 9.84. The summed E-state index contributed by atoms with van der Waals surface area (Å²) in [6.45, 7) is 0.656. The molecule has 4 nitrogen and oxygen atoms in total. The molecule has 0 aromatic carbocycles. The fourth-order valence-electron chi connectivity index (χ4n) is 0.455. The number of aldehydes is 1. The Morgan fingerprint density at radius 1 is 1.71 bits per heavy atom. The van der Waals surface area contributed by atoms with Gasteiger partial charge in [-0.1, -0.05) is 0 Å². The van der Waals surface area contributed by atoms with Crippen molar-refractivity contribution >= 4 is 6.29 Å². The highest BCUT2D eigenvalue weighted by molar-refractivity contribution is 5.56. The summed E-state index contributed by atoms with van der Waals surface area (Å²) >= 11 is 0. The molecule has 1 unspecified atom stereocenters. The smallest absolute Gasteiger partial charge is 0.152 e. The first-order valence-corrected chi connectivity index (χ1v) is 2.10. The molecule has 1 rings (SSSR count). The van der Waals surface area contributed by atoms with Crippen LogP contribution in [-0.4, -0.2) is 19.1 Å². The lowest BCUT2D eigenvalue weighted by Gasteiger charge is -1.94. The molecule has 1 aliphatic rings. The lowest BCUT2D eigenvalue weighted by molar-refractivity contribution is -0.109. The topological polar surface area (TPSA) is 53.2 Å². The first kappa shape index (κ1) is 4.70. The van der Waals surface area contributed by atoms with Crippen LogP contribution >= 0.6 is 0 Å². The molecular formula is C3H7N3O. The standard InChI is InChI=1S/C3H7N3O/c7-1-3-4-2-5-6-3/h1,3-6H,2H2. The first-order chi connectivity index (χ1) is 3.43. The van der Waals surface area contributed by atoms with E-state index in [1.807, 2.05) is 0 Å². The Bertz CT molecular complexity index is 68.6. The minimum absolute atomic E-state index is 0.194. The van der Waals surface area contributed by atoms with E-state index >= 15 is 0 Å². The summed E-state index contributed by atoms with van der Waals surface area (Å²) in [5, 5.41) is 2.82. The van der Waals surface area contributed by atoms with E-state index in [9.17, 15) is 4.79 Å². The highest BCUT2D eigenvalue weighted by Gasteiger charge is 2.08. The average molecular weight is 101 g/mol. The van der Waals surface area contributed by atoms with Gasteiger partial charge in [0.1, 0.15) is 6.17 Å². The first-order valence-electron chi connectivity index (χ1n) is 2.10. The second-order valence-corrected chi connectivity index (χ2v) is 1.32. The lowest BCUT2D eigenvalue weighted by Crippen LogP contribution is -2.34. The van der Waals surface area contributed by atoms with Crippen LogP contribution in [0.4, 0.5) is 0 Å². The Hall–Kier alpha value is -0.450. The molecule has 1 aliphatic heterocycles. The maximum Gasteiger partial charge on any atom is 0.152 e. The SMILES string of the molecule is O=CC1NCNN1. The molecule has 1 fully saturated rings. The molecule has 0 bridgehead atoms. The average Bonchev–Trinajstić information content (AvgIpc) is 2.14. The van der Waals surface area contributed by atoms with Gasteiger partial charge in [-0.3, -0.25) is 5.32 Å². The highest BCUT2D eigenvalue weighted by atomic mass is 16.1. The molecule has 40 valence electrons. The molecule has 0 aliphatic carbocycles. The number of hydrazine groups is 1. The molecular weight excluding hydrogens is 94.1 g/mol. The van der Waals surface area contributed by atoms with Crippen molar-refractivity contribution in [1.82, 2.24) is 16.2 Å². The molecule has 0 aromatic rings. The third kappa shape index (κ3) is 0.957. The Balaban J connectivity index is 2.26. The van der Waals surface area contributed by atoms with Crippen LogP contribution in [0.5, 0.6) is 0 Å². The largest absolute Gasteiger partial charge is 0.300 e. The second-order valence-electron chi connectivity index (χ2n) is 1.32. The van der Waals surface area contributed by atoms with Gasteiger partial charge < -0.3 is 4.79 Å². The molecule has 0 amide bonds. The normalized spacial score (nSPS) is 30.6. The van der Waals surface area contributed by atoms with Crippen LogP contribution < -0.4 is 16.2 Å². The minimum Gasteiger partial charge on any atom is -0.300 e. The van der Waals surface area contributed by atoms with Gasteiger partial charge in [0, 0.05) is 0 Å². The summed E-state index contributed by atoms with van der Waals surface area (Å²) in [6, 6.07) is 0. The molecule has 0 aromatic heterocycles. The van der Waals surface area contributed by atoms with Gasteiger partial charge in [-0.2, -0.15) is 0 Å². The zero-order chi connectivity index (χ0) is 5.11. The van der Waals surface area contributed by atoms with E-state index in [2.05, 4.69) is 16.2 Å². The van der Waals surface area contributed by atoms with Crippen LogP contribution in [0.1, 0.15) is 0 Å². The van der Waals surface area contributed by atoms with Crippen molar-refractivity contribution in [3.8, 4) is 0 Å². The van der Waals surface area contributed by atoms with E-state index in [1.54, 1.807) is 0 Å². The molecule has 1 atom stereocenters. The Morgan fingerprint density at radius 2 is 2.57 bits per heavy atom. The van der Waals surface area contributed by atoms with Crippen LogP contribution in [0.2, 0.25) is 0 Å². The molecule has 1 heterocycles. The van der Waals surface area contributed by atoms with Crippen molar-refractivity contribution in [2.75, 3.05) is 6.67 Å². The summed E-state index contributed by atoms with van der Waals surface area (Å²) in [4.78, 5) is 9.84. The van der Waals surface area contributed by atoms with E-state index in [4.69, 9.17) is 0 Å². The van der Waals surface area contributed by atoms with Crippen LogP contribution in [0.25, 0.3) is 0 Å². The van der Waals surface area contributed by atoms with E-state index < -0.39 is 0 Å². The fourth-order valence-corrected chi connectivity index (χ4v) is 0.455. The molecule has 0 radical (unpaired) electrons. The van der Waals surface area contributed by atoms with Gasteiger partial charge in [0.15, 0.2) is 6.29 Å². The Morgan fingerprint density at radius 3 is 2.86 bits per heavy atom. The maximum absolute atomic E-state index is 9.84. The Kier molecular flexibility index (Phi) is 1.35. The van der Waals surface area contributed by atoms with Gasteiger partial charge in [-0.15, -0.1) is 0 Å². The lowest BCUT2D eigenvalue weighted by atomic mass is 10.6. The zero-order valence-corrected chi connectivity index (χ0v) is 3.77. The van der Waals surface area contributed by atoms with E-state index in [0.717, 1.165) is 6.29 Å². The van der Waals surface area contributed by atoms with Gasteiger partial charge in [0.05, 0.1) is 6.67 Å². The summed E-state index contributed by atoms with van der Waals surface area (Å²) in [7, 11) is 0. The quantitative estimate of drug-likeness (QED) is 0.340. The van der Waals surface area contributed by atoms with Gasteiger partial charge in [0.25, 0.3) is 0 Å². The second kappa shape index (κ2) is 2.02. The van der Waals surface area contributed by atoms with Crippen LogP contribution in [0.3, 0.4) is 0 Å². The summed E-state index contributed by atoms with van der Waals surface area (Å²) in [5.74, 6) is 0.